The Kier molecular flexibility index (Phi) is 3.48. The summed E-state index contributed by atoms with van der Waals surface area (Å²) in [6, 6.07) is 10.5. The first-order valence-corrected chi connectivity index (χ1v) is 8.02. The molecule has 1 aromatic carbocycles. The normalized spacial score (nSPS) is 20.7. The Balaban J connectivity index is 1.58. The van der Waals surface area contributed by atoms with Crippen molar-refractivity contribution in [3.05, 3.63) is 48.4 Å². The largest absolute Gasteiger partial charge is 0.326 e. The van der Waals surface area contributed by atoms with Crippen LogP contribution in [0.15, 0.2) is 42.6 Å². The van der Waals surface area contributed by atoms with Crippen molar-refractivity contribution in [2.24, 2.45) is 0 Å². The van der Waals surface area contributed by atoms with E-state index in [1.165, 1.54) is 18.6 Å². The zero-order chi connectivity index (χ0) is 15.8. The van der Waals surface area contributed by atoms with E-state index in [0.29, 0.717) is 18.4 Å². The number of urea groups is 1. The van der Waals surface area contributed by atoms with Gasteiger partial charge < -0.3 is 4.90 Å². The summed E-state index contributed by atoms with van der Waals surface area (Å²) < 4.78 is 13.3. The van der Waals surface area contributed by atoms with Gasteiger partial charge in [-0.1, -0.05) is 12.1 Å². The van der Waals surface area contributed by atoms with E-state index < -0.39 is 0 Å². The van der Waals surface area contributed by atoms with Gasteiger partial charge >= 0.3 is 6.03 Å². The van der Waals surface area contributed by atoms with Crippen LogP contribution in [0.1, 0.15) is 19.3 Å². The van der Waals surface area contributed by atoms with E-state index in [1.807, 2.05) is 23.1 Å². The van der Waals surface area contributed by atoms with Crippen LogP contribution < -0.4 is 4.90 Å². The highest BCUT2D eigenvalue weighted by Crippen LogP contribution is 2.29. The first-order valence-electron chi connectivity index (χ1n) is 8.02. The second kappa shape index (κ2) is 5.65. The number of hydrogen-bond donors (Lipinski definition) is 0. The predicted octanol–water partition coefficient (Wildman–Crippen LogP) is 3.68. The van der Waals surface area contributed by atoms with Crippen LogP contribution in [-0.2, 0) is 0 Å². The summed E-state index contributed by atoms with van der Waals surface area (Å²) in [6.45, 7) is 1.56. The fourth-order valence-electron chi connectivity index (χ4n) is 3.46. The molecule has 2 aliphatic rings. The van der Waals surface area contributed by atoms with E-state index in [-0.39, 0.29) is 11.8 Å². The summed E-state index contributed by atoms with van der Waals surface area (Å²) in [6.07, 6.45) is 5.05. The molecule has 1 atom stereocenters. The molecule has 4 rings (SSSR count). The maximum absolute atomic E-state index is 13.3. The van der Waals surface area contributed by atoms with Gasteiger partial charge in [0.2, 0.25) is 0 Å². The van der Waals surface area contributed by atoms with Crippen molar-refractivity contribution >= 4 is 11.8 Å². The molecule has 0 bridgehead atoms. The summed E-state index contributed by atoms with van der Waals surface area (Å²) >= 11 is 0. The van der Waals surface area contributed by atoms with Crippen molar-refractivity contribution in [1.29, 1.82) is 0 Å². The Labute approximate surface area is 134 Å². The highest BCUT2D eigenvalue weighted by Gasteiger charge is 2.39. The second-order valence-corrected chi connectivity index (χ2v) is 6.15. The lowest BCUT2D eigenvalue weighted by atomic mass is 10.0. The molecule has 2 saturated heterocycles. The number of benzene rings is 1. The molecule has 5 heteroatoms. The Hall–Kier alpha value is -2.43. The molecule has 1 aromatic heterocycles. The van der Waals surface area contributed by atoms with Crippen LogP contribution in [0.3, 0.4) is 0 Å². The fourth-order valence-corrected chi connectivity index (χ4v) is 3.46. The molecule has 2 amide bonds. The second-order valence-electron chi connectivity index (χ2n) is 6.15. The lowest BCUT2D eigenvalue weighted by Gasteiger charge is -2.27. The Bertz CT molecular complexity index is 731. The van der Waals surface area contributed by atoms with Gasteiger partial charge in [0, 0.05) is 24.8 Å². The molecule has 23 heavy (non-hydrogen) atoms. The van der Waals surface area contributed by atoms with Crippen LogP contribution in [0.5, 0.6) is 0 Å². The van der Waals surface area contributed by atoms with Crippen molar-refractivity contribution in [2.45, 2.75) is 25.3 Å². The smallest absolute Gasteiger partial charge is 0.320 e. The molecule has 118 valence electrons. The van der Waals surface area contributed by atoms with Crippen LogP contribution in [-0.4, -0.2) is 35.0 Å². The number of anilines is 1. The Morgan fingerprint density at radius 1 is 1.13 bits per heavy atom. The van der Waals surface area contributed by atoms with Crippen LogP contribution in [0.25, 0.3) is 11.1 Å². The van der Waals surface area contributed by atoms with Gasteiger partial charge in [0.25, 0.3) is 0 Å². The predicted molar refractivity (Wildman–Crippen MR) is 86.7 cm³/mol. The molecule has 2 aromatic rings. The van der Waals surface area contributed by atoms with Gasteiger partial charge in [0.15, 0.2) is 0 Å². The van der Waals surface area contributed by atoms with E-state index in [9.17, 15) is 9.18 Å². The van der Waals surface area contributed by atoms with Gasteiger partial charge in [-0.05, 0) is 49.1 Å². The van der Waals surface area contributed by atoms with Gasteiger partial charge in [-0.2, -0.15) is 0 Å². The number of piperidine rings is 1. The number of carbonyl (C=O) groups excluding carboxylic acids is 1. The van der Waals surface area contributed by atoms with Crippen molar-refractivity contribution < 1.29 is 9.18 Å². The highest BCUT2D eigenvalue weighted by molar-refractivity contribution is 5.94. The molecule has 0 spiro atoms. The highest BCUT2D eigenvalue weighted by atomic mass is 19.1. The minimum atomic E-state index is -0.266. The van der Waals surface area contributed by atoms with Crippen molar-refractivity contribution in [1.82, 2.24) is 9.88 Å². The molecule has 3 heterocycles. The number of fused-ring (bicyclic) bond motifs is 1. The third-order valence-corrected chi connectivity index (χ3v) is 4.68. The van der Waals surface area contributed by atoms with Gasteiger partial charge in [-0.25, -0.2) is 14.2 Å². The summed E-state index contributed by atoms with van der Waals surface area (Å²) in [4.78, 5) is 20.7. The van der Waals surface area contributed by atoms with E-state index in [1.54, 1.807) is 17.2 Å². The molecule has 4 nitrogen and oxygen atoms in total. The molecular formula is C18H18FN3O. The average molecular weight is 311 g/mol. The SMILES string of the molecule is O=C1N(c2ccc(-c3cccc(F)c3)cn2)CC2CCCCN12. The molecule has 0 radical (unpaired) electrons. The van der Waals surface area contributed by atoms with Crippen LogP contribution in [0, 0.1) is 5.82 Å². The summed E-state index contributed by atoms with van der Waals surface area (Å²) in [7, 11) is 0. The van der Waals surface area contributed by atoms with E-state index in [4.69, 9.17) is 0 Å². The lowest BCUT2D eigenvalue weighted by Crippen LogP contribution is -2.38. The molecule has 2 fully saturated rings. The van der Waals surface area contributed by atoms with E-state index in [0.717, 1.165) is 30.5 Å². The number of pyridine rings is 1. The van der Waals surface area contributed by atoms with Gasteiger partial charge in [-0.15, -0.1) is 0 Å². The van der Waals surface area contributed by atoms with Crippen molar-refractivity contribution in [2.75, 3.05) is 18.0 Å². The summed E-state index contributed by atoms with van der Waals surface area (Å²) in [5.41, 5.74) is 1.63. The number of carbonyl (C=O) groups is 1. The fraction of sp³-hybridized carbons (Fsp3) is 0.333. The number of aromatic nitrogens is 1. The van der Waals surface area contributed by atoms with E-state index >= 15 is 0 Å². The monoisotopic (exact) mass is 311 g/mol. The minimum Gasteiger partial charge on any atom is -0.320 e. The Morgan fingerprint density at radius 3 is 2.78 bits per heavy atom. The first-order chi connectivity index (χ1) is 11.2. The van der Waals surface area contributed by atoms with Gasteiger partial charge in [-0.3, -0.25) is 4.90 Å². The molecule has 2 aliphatic heterocycles. The Morgan fingerprint density at radius 2 is 2.04 bits per heavy atom. The number of amides is 2. The van der Waals surface area contributed by atoms with Crippen LogP contribution in [0.4, 0.5) is 15.0 Å². The minimum absolute atomic E-state index is 0.0562. The molecular weight excluding hydrogens is 293 g/mol. The van der Waals surface area contributed by atoms with Crippen molar-refractivity contribution in [3.63, 3.8) is 0 Å². The maximum atomic E-state index is 13.3. The summed E-state index contributed by atoms with van der Waals surface area (Å²) in [5, 5.41) is 0. The third kappa shape index (κ3) is 2.56. The van der Waals surface area contributed by atoms with Gasteiger partial charge in [0.1, 0.15) is 11.6 Å². The summed E-state index contributed by atoms with van der Waals surface area (Å²) in [5.74, 6) is 0.405. The molecule has 1 unspecified atom stereocenters. The zero-order valence-corrected chi connectivity index (χ0v) is 12.8. The third-order valence-electron chi connectivity index (χ3n) is 4.68. The maximum Gasteiger partial charge on any atom is 0.326 e. The van der Waals surface area contributed by atoms with Crippen LogP contribution in [0.2, 0.25) is 0 Å². The standard InChI is InChI=1S/C18H18FN3O/c19-15-5-3-4-13(10-15)14-7-8-17(20-11-14)22-12-16-6-1-2-9-21(16)18(22)23/h3-5,7-8,10-11,16H,1-2,6,9,12H2. The number of hydrogen-bond acceptors (Lipinski definition) is 2. The number of rotatable bonds is 2. The lowest BCUT2D eigenvalue weighted by molar-refractivity contribution is 0.187. The molecule has 0 aliphatic carbocycles. The van der Waals surface area contributed by atoms with Crippen LogP contribution >= 0.6 is 0 Å². The van der Waals surface area contributed by atoms with Gasteiger partial charge in [0.05, 0.1) is 6.04 Å². The van der Waals surface area contributed by atoms with Crippen molar-refractivity contribution in [3.8, 4) is 11.1 Å². The average Bonchev–Trinajstić information content (AvgIpc) is 2.92. The molecule has 0 saturated carbocycles. The zero-order valence-electron chi connectivity index (χ0n) is 12.8. The number of nitrogens with zero attached hydrogens (tertiary/aromatic N) is 3. The van der Waals surface area contributed by atoms with E-state index in [2.05, 4.69) is 4.98 Å². The number of halogens is 1. The topological polar surface area (TPSA) is 36.4 Å². The quantitative estimate of drug-likeness (QED) is 0.848. The molecule has 0 N–H and O–H groups in total. The first kappa shape index (κ1) is 14.2.